The van der Waals surface area contributed by atoms with Gasteiger partial charge < -0.3 is 21.1 Å². The van der Waals surface area contributed by atoms with Gasteiger partial charge >= 0.3 is 0 Å². The zero-order valence-electron chi connectivity index (χ0n) is 16.6. The van der Waals surface area contributed by atoms with Crippen LogP contribution in [0.1, 0.15) is 42.2 Å². The van der Waals surface area contributed by atoms with E-state index in [9.17, 15) is 9.90 Å². The van der Waals surface area contributed by atoms with Crippen molar-refractivity contribution in [2.75, 3.05) is 19.6 Å². The largest absolute Gasteiger partial charge is 0.508 e. The first-order valence-corrected chi connectivity index (χ1v) is 9.75. The van der Waals surface area contributed by atoms with Crippen LogP contribution in [-0.2, 0) is 0 Å². The number of nitrogens with one attached hydrogen (secondary N) is 3. The third-order valence-corrected chi connectivity index (χ3v) is 4.32. The second-order valence-electron chi connectivity index (χ2n) is 6.34. The number of phenols is 1. The number of rotatable bonds is 8. The van der Waals surface area contributed by atoms with Crippen LogP contribution in [0, 0.1) is 0 Å². The van der Waals surface area contributed by atoms with Gasteiger partial charge in [-0.2, -0.15) is 0 Å². The van der Waals surface area contributed by atoms with Gasteiger partial charge in [-0.3, -0.25) is 9.79 Å². The first kappa shape index (κ1) is 25.0. The molecule has 0 heterocycles. The number of aromatic hydroxyl groups is 1. The molecule has 0 saturated heterocycles. The van der Waals surface area contributed by atoms with Crippen molar-refractivity contribution in [1.82, 2.24) is 16.0 Å². The van der Waals surface area contributed by atoms with Gasteiger partial charge in [0.25, 0.3) is 5.91 Å². The molecule has 0 aliphatic carbocycles. The van der Waals surface area contributed by atoms with Gasteiger partial charge in [0.15, 0.2) is 5.96 Å². The fourth-order valence-electron chi connectivity index (χ4n) is 2.58. The van der Waals surface area contributed by atoms with E-state index < -0.39 is 0 Å². The number of carbonyl (C=O) groups is 1. The monoisotopic (exact) mass is 530 g/mol. The number of amides is 1. The molecule has 0 spiro atoms. The number of guanidine groups is 1. The third kappa shape index (κ3) is 8.91. The molecule has 6 nitrogen and oxygen atoms in total. The zero-order chi connectivity index (χ0) is 20.4. The van der Waals surface area contributed by atoms with Gasteiger partial charge in [0.1, 0.15) is 5.75 Å². The highest BCUT2D eigenvalue weighted by atomic mass is 127. The summed E-state index contributed by atoms with van der Waals surface area (Å²) >= 11 is 5.94. The number of hydrogen-bond acceptors (Lipinski definition) is 3. The maximum Gasteiger partial charge on any atom is 0.251 e. The lowest BCUT2D eigenvalue weighted by atomic mass is 10.1. The maximum absolute atomic E-state index is 12.0. The summed E-state index contributed by atoms with van der Waals surface area (Å²) < 4.78 is 0. The van der Waals surface area contributed by atoms with E-state index in [1.807, 2.05) is 31.2 Å². The van der Waals surface area contributed by atoms with Gasteiger partial charge in [-0.05, 0) is 56.2 Å². The summed E-state index contributed by atoms with van der Waals surface area (Å²) in [5.41, 5.74) is 1.56. The maximum atomic E-state index is 12.0. The van der Waals surface area contributed by atoms with Crippen LogP contribution in [0.4, 0.5) is 0 Å². The van der Waals surface area contributed by atoms with E-state index in [0.29, 0.717) is 30.1 Å². The van der Waals surface area contributed by atoms with E-state index in [4.69, 9.17) is 11.6 Å². The Balaban J connectivity index is 0.00000420. The summed E-state index contributed by atoms with van der Waals surface area (Å²) in [6.07, 6.45) is 0.705. The molecule has 1 atom stereocenters. The van der Waals surface area contributed by atoms with Crippen LogP contribution < -0.4 is 16.0 Å². The Hall–Kier alpha value is -2.00. The highest BCUT2D eigenvalue weighted by molar-refractivity contribution is 14.0. The molecular weight excluding hydrogens is 503 g/mol. The highest BCUT2D eigenvalue weighted by Crippen LogP contribution is 2.15. The normalized spacial score (nSPS) is 11.9. The number of phenolic OH excluding ortho intramolecular Hbond substituents is 1. The molecular formula is C21H28ClIN4O2. The van der Waals surface area contributed by atoms with E-state index in [0.717, 1.165) is 18.1 Å². The lowest BCUT2D eigenvalue weighted by Gasteiger charge is -2.18. The molecule has 0 radical (unpaired) electrons. The molecule has 1 amide bonds. The number of hydrogen-bond donors (Lipinski definition) is 4. The first-order valence-electron chi connectivity index (χ1n) is 9.37. The van der Waals surface area contributed by atoms with Crippen LogP contribution in [0.3, 0.4) is 0 Å². The number of aliphatic imine (C=N–C) groups is 1. The van der Waals surface area contributed by atoms with Crippen molar-refractivity contribution in [3.05, 3.63) is 64.7 Å². The van der Waals surface area contributed by atoms with Crippen molar-refractivity contribution in [1.29, 1.82) is 0 Å². The topological polar surface area (TPSA) is 85.8 Å². The summed E-state index contributed by atoms with van der Waals surface area (Å²) in [6.45, 7) is 5.91. The van der Waals surface area contributed by atoms with Crippen molar-refractivity contribution in [2.45, 2.75) is 26.3 Å². The van der Waals surface area contributed by atoms with Crippen LogP contribution in [-0.4, -0.2) is 36.6 Å². The Morgan fingerprint density at radius 1 is 1.17 bits per heavy atom. The third-order valence-electron chi connectivity index (χ3n) is 4.07. The Labute approximate surface area is 194 Å². The Kier molecular flexibility index (Phi) is 11.5. The number of carbonyl (C=O) groups excluding carboxylic acids is 1. The number of benzene rings is 2. The van der Waals surface area contributed by atoms with Gasteiger partial charge in [0, 0.05) is 30.2 Å². The molecule has 0 saturated carbocycles. The average Bonchev–Trinajstić information content (AvgIpc) is 2.68. The van der Waals surface area contributed by atoms with E-state index in [1.165, 1.54) is 12.1 Å². The SMILES string of the molecule is CCNC(=NCCCNC(=O)c1cccc(O)c1)NC(C)c1ccc(Cl)cc1.I. The van der Waals surface area contributed by atoms with Crippen molar-refractivity contribution >= 4 is 47.4 Å². The van der Waals surface area contributed by atoms with Gasteiger partial charge in [-0.1, -0.05) is 29.8 Å². The first-order chi connectivity index (χ1) is 13.5. The predicted octanol–water partition coefficient (Wildman–Crippen LogP) is 4.10. The number of nitrogens with zero attached hydrogens (tertiary/aromatic N) is 1. The fourth-order valence-corrected chi connectivity index (χ4v) is 2.71. The average molecular weight is 531 g/mol. The minimum Gasteiger partial charge on any atom is -0.508 e. The lowest BCUT2D eigenvalue weighted by Crippen LogP contribution is -2.39. The quantitative estimate of drug-likeness (QED) is 0.179. The molecule has 2 rings (SSSR count). The highest BCUT2D eigenvalue weighted by Gasteiger charge is 2.08. The lowest BCUT2D eigenvalue weighted by molar-refractivity contribution is 0.0953. The Bertz CT molecular complexity index is 800. The summed E-state index contributed by atoms with van der Waals surface area (Å²) in [7, 11) is 0. The van der Waals surface area contributed by atoms with Gasteiger partial charge in [-0.25, -0.2) is 0 Å². The molecule has 29 heavy (non-hydrogen) atoms. The van der Waals surface area contributed by atoms with E-state index in [1.54, 1.807) is 12.1 Å². The summed E-state index contributed by atoms with van der Waals surface area (Å²) in [4.78, 5) is 16.6. The van der Waals surface area contributed by atoms with Gasteiger partial charge in [-0.15, -0.1) is 24.0 Å². The van der Waals surface area contributed by atoms with Crippen LogP contribution in [0.2, 0.25) is 5.02 Å². The summed E-state index contributed by atoms with van der Waals surface area (Å²) in [5.74, 6) is 0.596. The molecule has 1 unspecified atom stereocenters. The van der Waals surface area contributed by atoms with Gasteiger partial charge in [0.05, 0.1) is 6.04 Å². The molecule has 0 fully saturated rings. The molecule has 158 valence electrons. The van der Waals surface area contributed by atoms with Crippen LogP contribution in [0.15, 0.2) is 53.5 Å². The molecule has 0 aliphatic heterocycles. The Morgan fingerprint density at radius 3 is 2.55 bits per heavy atom. The molecule has 0 aromatic heterocycles. The molecule has 0 aliphatic rings. The van der Waals surface area contributed by atoms with E-state index in [2.05, 4.69) is 27.9 Å². The smallest absolute Gasteiger partial charge is 0.251 e. The van der Waals surface area contributed by atoms with Crippen molar-refractivity contribution in [3.63, 3.8) is 0 Å². The molecule has 4 N–H and O–H groups in total. The van der Waals surface area contributed by atoms with E-state index in [-0.39, 0.29) is 41.7 Å². The minimum atomic E-state index is -0.207. The number of halogens is 2. The second kappa shape index (κ2) is 13.3. The zero-order valence-corrected chi connectivity index (χ0v) is 19.7. The summed E-state index contributed by atoms with van der Waals surface area (Å²) in [6, 6.07) is 14.1. The minimum absolute atomic E-state index is 0. The van der Waals surface area contributed by atoms with Crippen molar-refractivity contribution in [2.24, 2.45) is 4.99 Å². The molecule has 2 aromatic rings. The second-order valence-corrected chi connectivity index (χ2v) is 6.77. The van der Waals surface area contributed by atoms with Crippen LogP contribution in [0.5, 0.6) is 5.75 Å². The van der Waals surface area contributed by atoms with Crippen LogP contribution >= 0.6 is 35.6 Å². The standard InChI is InChI=1S/C21H27ClN4O2.HI/c1-3-23-21(26-15(2)16-8-10-18(22)11-9-16)25-13-5-12-24-20(28)17-6-4-7-19(27)14-17;/h4,6-11,14-15,27H,3,5,12-13H2,1-2H3,(H,24,28)(H2,23,25,26);1H. The van der Waals surface area contributed by atoms with Crippen molar-refractivity contribution in [3.8, 4) is 5.75 Å². The Morgan fingerprint density at radius 2 is 1.90 bits per heavy atom. The summed E-state index contributed by atoms with van der Waals surface area (Å²) in [5, 5.41) is 19.6. The fraction of sp³-hybridized carbons (Fsp3) is 0.333. The molecule has 2 aromatic carbocycles. The van der Waals surface area contributed by atoms with Crippen LogP contribution in [0.25, 0.3) is 0 Å². The van der Waals surface area contributed by atoms with E-state index >= 15 is 0 Å². The predicted molar refractivity (Wildman–Crippen MR) is 129 cm³/mol. The molecule has 8 heteroatoms. The molecule has 0 bridgehead atoms. The van der Waals surface area contributed by atoms with Crippen molar-refractivity contribution < 1.29 is 9.90 Å². The van der Waals surface area contributed by atoms with Gasteiger partial charge in [0.2, 0.25) is 0 Å².